The van der Waals surface area contributed by atoms with E-state index in [-0.39, 0.29) is 0 Å². The minimum atomic E-state index is -1.16. The molecule has 1 saturated carbocycles. The van der Waals surface area contributed by atoms with Gasteiger partial charge in [0.15, 0.2) is 11.9 Å². The third-order valence-electron chi connectivity index (χ3n) is 4.15. The van der Waals surface area contributed by atoms with E-state index < -0.39 is 17.9 Å². The van der Waals surface area contributed by atoms with Gasteiger partial charge >= 0.3 is 5.97 Å². The van der Waals surface area contributed by atoms with Crippen LogP contribution in [0.1, 0.15) is 57.1 Å². The maximum atomic E-state index is 11.9. The summed E-state index contributed by atoms with van der Waals surface area (Å²) in [6.45, 7) is 6.05. The smallest absolute Gasteiger partial charge is 0.335 e. The number of hydrogen-bond donors (Lipinski definition) is 1. The zero-order valence-corrected chi connectivity index (χ0v) is 14.8. The number of carbonyl (C=O) groups excluding carboxylic acids is 1. The summed E-state index contributed by atoms with van der Waals surface area (Å²) >= 11 is 0. The molecular weight excluding hydrogens is 292 g/mol. The summed E-state index contributed by atoms with van der Waals surface area (Å²) in [6, 6.07) is 8.08. The number of hydrogen-bond acceptors (Lipinski definition) is 4. The average Bonchev–Trinajstić information content (AvgIpc) is 3.00. The molecule has 0 amide bonds. The molecule has 0 saturated heterocycles. The van der Waals surface area contributed by atoms with Crippen molar-refractivity contribution in [2.75, 3.05) is 7.11 Å². The molecule has 1 fully saturated rings. The van der Waals surface area contributed by atoms with Crippen LogP contribution >= 0.6 is 0 Å². The van der Waals surface area contributed by atoms with Gasteiger partial charge in [-0.1, -0.05) is 38.1 Å². The Morgan fingerprint density at radius 3 is 2.43 bits per heavy atom. The minimum absolute atomic E-state index is 0.413. The molecule has 1 N–H and O–H groups in total. The highest BCUT2D eigenvalue weighted by molar-refractivity contribution is 5.74. The molecule has 0 spiro atoms. The lowest BCUT2D eigenvalue weighted by Gasteiger charge is -2.27. The maximum Gasteiger partial charge on any atom is 0.335 e. The van der Waals surface area contributed by atoms with E-state index in [1.807, 2.05) is 45.0 Å². The number of aryl methyl sites for hydroxylation is 2. The van der Waals surface area contributed by atoms with Gasteiger partial charge in [0.25, 0.3) is 0 Å². The molecule has 23 heavy (non-hydrogen) atoms. The van der Waals surface area contributed by atoms with Crippen molar-refractivity contribution in [1.82, 2.24) is 0 Å². The number of esters is 1. The molecule has 1 aromatic carbocycles. The van der Waals surface area contributed by atoms with Crippen LogP contribution in [-0.2, 0) is 20.7 Å². The summed E-state index contributed by atoms with van der Waals surface area (Å²) in [5, 5.41) is 10.3. The standard InChI is InChI=1S/C17H24O4.C2H6/c1-13-7-3-4-8-14(13)9-10-15(16(18)20-2)21-17(19)11-5-6-12-17;1-2/h3-4,7-8,15,19H,5-6,9-12H2,1-2H3;1-2H3/t15-;/m1./s1. The Morgan fingerprint density at radius 1 is 1.26 bits per heavy atom. The summed E-state index contributed by atoms with van der Waals surface area (Å²) in [5.41, 5.74) is 2.38. The van der Waals surface area contributed by atoms with Crippen LogP contribution in [0.25, 0.3) is 0 Å². The molecule has 0 aromatic heterocycles. The normalized spacial score (nSPS) is 17.1. The van der Waals surface area contributed by atoms with Crippen molar-refractivity contribution in [3.8, 4) is 0 Å². The first-order valence-electron chi connectivity index (χ1n) is 8.56. The van der Waals surface area contributed by atoms with E-state index in [0.717, 1.165) is 19.3 Å². The molecule has 0 bridgehead atoms. The molecule has 1 aromatic rings. The number of methoxy groups -OCH3 is 1. The highest BCUT2D eigenvalue weighted by Gasteiger charge is 2.37. The molecule has 130 valence electrons. The number of carbonyl (C=O) groups is 1. The molecule has 1 atom stereocenters. The Bertz CT molecular complexity index is 478. The van der Waals surface area contributed by atoms with Crippen LogP contribution in [0.3, 0.4) is 0 Å². The van der Waals surface area contributed by atoms with Gasteiger partial charge in [-0.2, -0.15) is 0 Å². The second kappa shape index (κ2) is 9.68. The molecule has 1 aliphatic carbocycles. The van der Waals surface area contributed by atoms with Crippen LogP contribution in [0.2, 0.25) is 0 Å². The van der Waals surface area contributed by atoms with Crippen molar-refractivity contribution in [1.29, 1.82) is 0 Å². The molecule has 2 rings (SSSR count). The van der Waals surface area contributed by atoms with E-state index in [9.17, 15) is 9.90 Å². The second-order valence-electron chi connectivity index (χ2n) is 5.75. The highest BCUT2D eigenvalue weighted by atomic mass is 16.6. The first kappa shape index (κ1) is 19.7. The van der Waals surface area contributed by atoms with Crippen molar-refractivity contribution < 1.29 is 19.4 Å². The van der Waals surface area contributed by atoms with E-state index >= 15 is 0 Å². The molecule has 0 unspecified atom stereocenters. The summed E-state index contributed by atoms with van der Waals surface area (Å²) in [6.07, 6.45) is 3.57. The topological polar surface area (TPSA) is 55.8 Å². The van der Waals surface area contributed by atoms with Gasteiger partial charge in [-0.05, 0) is 43.7 Å². The van der Waals surface area contributed by atoms with Crippen molar-refractivity contribution >= 4 is 5.97 Å². The maximum absolute atomic E-state index is 11.9. The lowest BCUT2D eigenvalue weighted by atomic mass is 10.0. The SMILES string of the molecule is CC.COC(=O)[C@@H](CCc1ccccc1C)OC1(O)CCCC1. The highest BCUT2D eigenvalue weighted by Crippen LogP contribution is 2.32. The van der Waals surface area contributed by atoms with Gasteiger partial charge in [-0.25, -0.2) is 4.79 Å². The van der Waals surface area contributed by atoms with Gasteiger partial charge in [0, 0.05) is 12.8 Å². The van der Waals surface area contributed by atoms with E-state index in [1.165, 1.54) is 18.2 Å². The summed E-state index contributed by atoms with van der Waals surface area (Å²) in [4.78, 5) is 11.9. The number of aliphatic hydroxyl groups is 1. The third-order valence-corrected chi connectivity index (χ3v) is 4.15. The van der Waals surface area contributed by atoms with Crippen LogP contribution in [0, 0.1) is 6.92 Å². The Morgan fingerprint density at radius 2 is 1.87 bits per heavy atom. The minimum Gasteiger partial charge on any atom is -0.467 e. The van der Waals surface area contributed by atoms with Crippen molar-refractivity contribution in [3.05, 3.63) is 35.4 Å². The number of benzene rings is 1. The van der Waals surface area contributed by atoms with Gasteiger partial charge in [0.1, 0.15) is 0 Å². The fourth-order valence-electron chi connectivity index (χ4n) is 2.84. The molecule has 4 nitrogen and oxygen atoms in total. The van der Waals surface area contributed by atoms with Gasteiger partial charge in [0.05, 0.1) is 7.11 Å². The first-order chi connectivity index (χ1) is 11.0. The number of ether oxygens (including phenoxy) is 2. The van der Waals surface area contributed by atoms with Crippen molar-refractivity contribution in [2.45, 2.75) is 71.2 Å². The van der Waals surface area contributed by atoms with Gasteiger partial charge < -0.3 is 14.6 Å². The van der Waals surface area contributed by atoms with Crippen LogP contribution in [0.4, 0.5) is 0 Å². The molecule has 0 aliphatic heterocycles. The Kier molecular flexibility index (Phi) is 8.28. The first-order valence-corrected chi connectivity index (χ1v) is 8.56. The molecule has 0 radical (unpaired) electrons. The van der Waals surface area contributed by atoms with Crippen LogP contribution in [0.5, 0.6) is 0 Å². The Hall–Kier alpha value is -1.39. The molecule has 4 heteroatoms. The van der Waals surface area contributed by atoms with Gasteiger partial charge in [-0.15, -0.1) is 0 Å². The lowest BCUT2D eigenvalue weighted by molar-refractivity contribution is -0.231. The van der Waals surface area contributed by atoms with E-state index in [2.05, 4.69) is 0 Å². The Balaban J connectivity index is 0.00000127. The van der Waals surface area contributed by atoms with Crippen molar-refractivity contribution in [2.24, 2.45) is 0 Å². The van der Waals surface area contributed by atoms with E-state index in [1.54, 1.807) is 0 Å². The predicted molar refractivity (Wildman–Crippen MR) is 91.2 cm³/mol. The van der Waals surface area contributed by atoms with Crippen LogP contribution < -0.4 is 0 Å². The van der Waals surface area contributed by atoms with Gasteiger partial charge in [-0.3, -0.25) is 0 Å². The largest absolute Gasteiger partial charge is 0.467 e. The quantitative estimate of drug-likeness (QED) is 0.640. The monoisotopic (exact) mass is 322 g/mol. The summed E-state index contributed by atoms with van der Waals surface area (Å²) in [5.74, 6) is -1.58. The molecular formula is C19H30O4. The fraction of sp³-hybridized carbons (Fsp3) is 0.632. The predicted octanol–water partition coefficient (Wildman–Crippen LogP) is 3.77. The summed E-state index contributed by atoms with van der Waals surface area (Å²) in [7, 11) is 1.35. The van der Waals surface area contributed by atoms with Crippen LogP contribution in [0.15, 0.2) is 24.3 Å². The van der Waals surface area contributed by atoms with E-state index in [0.29, 0.717) is 19.3 Å². The second-order valence-corrected chi connectivity index (χ2v) is 5.75. The lowest BCUT2D eigenvalue weighted by Crippen LogP contribution is -2.38. The van der Waals surface area contributed by atoms with Crippen LogP contribution in [-0.4, -0.2) is 30.1 Å². The molecule has 1 aliphatic rings. The zero-order chi connectivity index (χ0) is 17.3. The average molecular weight is 322 g/mol. The fourth-order valence-corrected chi connectivity index (χ4v) is 2.84. The van der Waals surface area contributed by atoms with E-state index in [4.69, 9.17) is 9.47 Å². The number of rotatable bonds is 6. The zero-order valence-electron chi connectivity index (χ0n) is 14.8. The van der Waals surface area contributed by atoms with Crippen molar-refractivity contribution in [3.63, 3.8) is 0 Å². The third kappa shape index (κ3) is 5.96. The van der Waals surface area contributed by atoms with Gasteiger partial charge in [0.2, 0.25) is 0 Å². The Labute approximate surface area is 139 Å². The molecule has 0 heterocycles. The summed E-state index contributed by atoms with van der Waals surface area (Å²) < 4.78 is 10.5.